The summed E-state index contributed by atoms with van der Waals surface area (Å²) in [5.41, 5.74) is 1.21. The van der Waals surface area contributed by atoms with Gasteiger partial charge in [0.1, 0.15) is 11.6 Å². The first-order chi connectivity index (χ1) is 9.44. The Bertz CT molecular complexity index is 665. The van der Waals surface area contributed by atoms with Crippen LogP contribution in [0.4, 0.5) is 5.95 Å². The van der Waals surface area contributed by atoms with Crippen LogP contribution >= 0.6 is 11.6 Å². The molecule has 2 heterocycles. The summed E-state index contributed by atoms with van der Waals surface area (Å²) in [5.74, 6) is 0.220. The summed E-state index contributed by atoms with van der Waals surface area (Å²) in [6, 6.07) is 5.45. The van der Waals surface area contributed by atoms with E-state index in [1.54, 1.807) is 6.07 Å². The molecule has 1 fully saturated rings. The van der Waals surface area contributed by atoms with E-state index in [0.29, 0.717) is 16.5 Å². The van der Waals surface area contributed by atoms with Crippen molar-refractivity contribution in [3.8, 4) is 0 Å². The number of benzene rings is 1. The van der Waals surface area contributed by atoms with Gasteiger partial charge in [-0.2, -0.15) is 0 Å². The third kappa shape index (κ3) is 2.51. The molecule has 1 aromatic heterocycles. The van der Waals surface area contributed by atoms with Crippen molar-refractivity contribution >= 4 is 34.5 Å². The van der Waals surface area contributed by atoms with Crippen LogP contribution in [0.1, 0.15) is 26.7 Å². The second-order valence-electron chi connectivity index (χ2n) is 5.62. The molecule has 1 aliphatic rings. The first kappa shape index (κ1) is 13.4. The lowest BCUT2D eigenvalue weighted by molar-refractivity contribution is -0.130. The van der Waals surface area contributed by atoms with Crippen LogP contribution in [-0.4, -0.2) is 27.6 Å². The summed E-state index contributed by atoms with van der Waals surface area (Å²) in [7, 11) is 0. The first-order valence-corrected chi connectivity index (χ1v) is 6.95. The number of carbonyl (C=O) groups is 1. The van der Waals surface area contributed by atoms with Gasteiger partial charge in [-0.05, 0) is 38.8 Å². The summed E-state index contributed by atoms with van der Waals surface area (Å²) in [4.78, 5) is 19.4. The molecule has 1 unspecified atom stereocenters. The molecule has 20 heavy (non-hydrogen) atoms. The van der Waals surface area contributed by atoms with Gasteiger partial charge < -0.3 is 9.72 Å². The number of carbonyl (C=O) groups excluding carboxylic acids is 1. The Balaban J connectivity index is 1.76. The number of ether oxygens (including phenoxy) is 1. The van der Waals surface area contributed by atoms with Crippen LogP contribution < -0.4 is 5.32 Å². The zero-order valence-corrected chi connectivity index (χ0v) is 12.1. The Morgan fingerprint density at radius 3 is 3.00 bits per heavy atom. The third-order valence-corrected chi connectivity index (χ3v) is 3.77. The van der Waals surface area contributed by atoms with Crippen molar-refractivity contribution in [3.05, 3.63) is 23.2 Å². The lowest BCUT2D eigenvalue weighted by atomic mass is 10.1. The average molecular weight is 294 g/mol. The second-order valence-corrected chi connectivity index (χ2v) is 6.02. The molecule has 0 spiro atoms. The van der Waals surface area contributed by atoms with Gasteiger partial charge in [0, 0.05) is 0 Å². The van der Waals surface area contributed by atoms with Crippen molar-refractivity contribution in [1.82, 2.24) is 9.97 Å². The molecule has 6 heteroatoms. The lowest BCUT2D eigenvalue weighted by Crippen LogP contribution is -2.30. The number of imidazole rings is 1. The number of halogens is 1. The zero-order valence-electron chi connectivity index (χ0n) is 11.4. The van der Waals surface area contributed by atoms with E-state index >= 15 is 0 Å². The van der Waals surface area contributed by atoms with E-state index < -0.39 is 6.10 Å². The predicted octanol–water partition coefficient (Wildman–Crippen LogP) is 3.11. The largest absolute Gasteiger partial charge is 0.363 e. The number of aromatic amines is 1. The number of para-hydroxylation sites is 1. The Labute approximate surface area is 121 Å². The lowest BCUT2D eigenvalue weighted by Gasteiger charge is -2.18. The van der Waals surface area contributed by atoms with Crippen LogP contribution in [0.25, 0.3) is 11.0 Å². The maximum absolute atomic E-state index is 12.1. The predicted molar refractivity (Wildman–Crippen MR) is 77.9 cm³/mol. The molecule has 1 aromatic carbocycles. The van der Waals surface area contributed by atoms with E-state index in [1.165, 1.54) is 0 Å². The van der Waals surface area contributed by atoms with Gasteiger partial charge in [-0.15, -0.1) is 0 Å². The number of nitrogens with zero attached hydrogens (tertiary/aromatic N) is 1. The molecule has 0 bridgehead atoms. The molecule has 1 atom stereocenters. The molecular weight excluding hydrogens is 278 g/mol. The number of anilines is 1. The summed E-state index contributed by atoms with van der Waals surface area (Å²) in [6.45, 7) is 3.97. The second kappa shape index (κ2) is 4.75. The van der Waals surface area contributed by atoms with Crippen LogP contribution in [0, 0.1) is 0 Å². The van der Waals surface area contributed by atoms with E-state index in [2.05, 4.69) is 15.3 Å². The average Bonchev–Trinajstić information content (AvgIpc) is 2.93. The molecule has 5 nitrogen and oxygen atoms in total. The van der Waals surface area contributed by atoms with Crippen molar-refractivity contribution in [1.29, 1.82) is 0 Å². The highest BCUT2D eigenvalue weighted by Crippen LogP contribution is 2.30. The van der Waals surface area contributed by atoms with Crippen molar-refractivity contribution in [2.24, 2.45) is 0 Å². The van der Waals surface area contributed by atoms with Crippen molar-refractivity contribution in [2.75, 3.05) is 5.32 Å². The Morgan fingerprint density at radius 2 is 2.35 bits per heavy atom. The first-order valence-electron chi connectivity index (χ1n) is 6.57. The minimum absolute atomic E-state index is 0.175. The van der Waals surface area contributed by atoms with Crippen LogP contribution in [0.3, 0.4) is 0 Å². The highest BCUT2D eigenvalue weighted by molar-refractivity contribution is 6.35. The van der Waals surface area contributed by atoms with Crippen molar-refractivity contribution < 1.29 is 9.53 Å². The fourth-order valence-corrected chi connectivity index (χ4v) is 2.64. The molecule has 2 aromatic rings. The van der Waals surface area contributed by atoms with Crippen molar-refractivity contribution in [2.45, 2.75) is 38.4 Å². The molecule has 0 radical (unpaired) electrons. The standard InChI is InChI=1S/C14H16ClN3O2/c1-14(2)7-6-10(20-14)12(19)18-13-16-9-5-3-4-8(15)11(9)17-13/h3-5,10H,6-7H2,1-2H3,(H2,16,17,18,19). The Hall–Kier alpha value is -1.59. The number of aromatic nitrogens is 2. The molecule has 0 saturated carbocycles. The van der Waals surface area contributed by atoms with E-state index in [4.69, 9.17) is 16.3 Å². The van der Waals surface area contributed by atoms with Gasteiger partial charge in [0.2, 0.25) is 5.95 Å². The topological polar surface area (TPSA) is 67.0 Å². The quantitative estimate of drug-likeness (QED) is 0.894. The van der Waals surface area contributed by atoms with E-state index in [0.717, 1.165) is 18.4 Å². The zero-order chi connectivity index (χ0) is 14.3. The Kier molecular flexibility index (Phi) is 3.18. The molecule has 1 amide bonds. The van der Waals surface area contributed by atoms with Gasteiger partial charge in [-0.3, -0.25) is 10.1 Å². The molecule has 1 saturated heterocycles. The van der Waals surface area contributed by atoms with Crippen LogP contribution in [0.2, 0.25) is 5.02 Å². The minimum atomic E-state index is -0.423. The highest BCUT2D eigenvalue weighted by Gasteiger charge is 2.36. The van der Waals surface area contributed by atoms with Gasteiger partial charge in [0.05, 0.1) is 16.1 Å². The molecule has 3 rings (SSSR count). The summed E-state index contributed by atoms with van der Waals surface area (Å²) in [6.07, 6.45) is 1.17. The Morgan fingerprint density at radius 1 is 1.55 bits per heavy atom. The molecule has 106 valence electrons. The summed E-state index contributed by atoms with van der Waals surface area (Å²) >= 11 is 6.05. The maximum atomic E-state index is 12.1. The highest BCUT2D eigenvalue weighted by atomic mass is 35.5. The fraction of sp³-hybridized carbons (Fsp3) is 0.429. The van der Waals surface area contributed by atoms with E-state index in [9.17, 15) is 4.79 Å². The number of nitrogens with one attached hydrogen (secondary N) is 2. The number of H-pyrrole nitrogens is 1. The smallest absolute Gasteiger partial charge is 0.255 e. The summed E-state index contributed by atoms with van der Waals surface area (Å²) < 4.78 is 5.70. The van der Waals surface area contributed by atoms with Gasteiger partial charge in [0.25, 0.3) is 5.91 Å². The normalized spacial score (nSPS) is 21.2. The number of fused-ring (bicyclic) bond motifs is 1. The fourth-order valence-electron chi connectivity index (χ4n) is 2.42. The molecular formula is C14H16ClN3O2. The number of rotatable bonds is 2. The van der Waals surface area contributed by atoms with E-state index in [-0.39, 0.29) is 11.5 Å². The van der Waals surface area contributed by atoms with Gasteiger partial charge >= 0.3 is 0 Å². The van der Waals surface area contributed by atoms with Crippen LogP contribution in [0.15, 0.2) is 18.2 Å². The third-order valence-electron chi connectivity index (χ3n) is 3.47. The SMILES string of the molecule is CC1(C)CCC(C(=O)Nc2nc3c(Cl)cccc3[nH]2)O1. The minimum Gasteiger partial charge on any atom is -0.363 e. The number of hydrogen-bond donors (Lipinski definition) is 2. The van der Waals surface area contributed by atoms with Gasteiger partial charge in [0.15, 0.2) is 0 Å². The number of amides is 1. The van der Waals surface area contributed by atoms with Crippen LogP contribution in [-0.2, 0) is 9.53 Å². The monoisotopic (exact) mass is 293 g/mol. The summed E-state index contributed by atoms with van der Waals surface area (Å²) in [5, 5.41) is 3.30. The van der Waals surface area contributed by atoms with Crippen LogP contribution in [0.5, 0.6) is 0 Å². The molecule has 2 N–H and O–H groups in total. The maximum Gasteiger partial charge on any atom is 0.255 e. The van der Waals surface area contributed by atoms with E-state index in [1.807, 2.05) is 26.0 Å². The molecule has 0 aliphatic carbocycles. The molecule has 1 aliphatic heterocycles. The van der Waals surface area contributed by atoms with Crippen molar-refractivity contribution in [3.63, 3.8) is 0 Å². The number of hydrogen-bond acceptors (Lipinski definition) is 3. The van der Waals surface area contributed by atoms with Gasteiger partial charge in [-0.25, -0.2) is 4.98 Å². The van der Waals surface area contributed by atoms with Gasteiger partial charge in [-0.1, -0.05) is 17.7 Å².